The van der Waals surface area contributed by atoms with E-state index in [1.54, 1.807) is 0 Å². The standard InChI is InChI=1S/C19H28N6O3/c1-2-11-25-14(26)12-13(24-17(25)28)23-15(22-12)18-3-6-19(7-4-18,8-5-18)16(27)21-10-9-20/h2-11,20H2,1H3,(H,21,27)(H,22,23)(H,24,28). The van der Waals surface area contributed by atoms with Crippen molar-refractivity contribution < 1.29 is 4.79 Å². The summed E-state index contributed by atoms with van der Waals surface area (Å²) in [5.41, 5.74) is 5.00. The number of fused-ring (bicyclic) bond motifs is 4. The Balaban J connectivity index is 1.64. The second-order valence-corrected chi connectivity index (χ2v) is 8.30. The van der Waals surface area contributed by atoms with Crippen LogP contribution in [0.15, 0.2) is 9.59 Å². The summed E-state index contributed by atoms with van der Waals surface area (Å²) in [5, 5.41) is 2.95. The fourth-order valence-corrected chi connectivity index (χ4v) is 4.95. The molecule has 3 aliphatic carbocycles. The number of carbonyl (C=O) groups is 1. The van der Waals surface area contributed by atoms with E-state index in [1.165, 1.54) is 4.57 Å². The molecule has 5 N–H and O–H groups in total. The molecule has 2 aromatic heterocycles. The van der Waals surface area contributed by atoms with E-state index in [4.69, 9.17) is 5.73 Å². The fraction of sp³-hybridized carbons (Fsp3) is 0.684. The van der Waals surface area contributed by atoms with Gasteiger partial charge in [-0.2, -0.15) is 0 Å². The third-order valence-electron chi connectivity index (χ3n) is 6.74. The van der Waals surface area contributed by atoms with E-state index in [0.29, 0.717) is 37.2 Å². The van der Waals surface area contributed by atoms with E-state index >= 15 is 0 Å². The molecule has 0 saturated heterocycles. The van der Waals surface area contributed by atoms with Crippen molar-refractivity contribution in [3.05, 3.63) is 26.7 Å². The number of amides is 1. The van der Waals surface area contributed by atoms with Gasteiger partial charge in [0, 0.05) is 30.5 Å². The molecule has 152 valence electrons. The number of rotatable bonds is 6. The number of hydrogen-bond acceptors (Lipinski definition) is 5. The predicted octanol–water partition coefficient (Wildman–Crippen LogP) is 0.490. The van der Waals surface area contributed by atoms with Crippen LogP contribution in [-0.4, -0.2) is 38.5 Å². The van der Waals surface area contributed by atoms with E-state index in [0.717, 1.165) is 44.3 Å². The van der Waals surface area contributed by atoms with E-state index in [1.807, 2.05) is 6.92 Å². The van der Waals surface area contributed by atoms with Crippen molar-refractivity contribution in [1.82, 2.24) is 24.8 Å². The minimum Gasteiger partial charge on any atom is -0.354 e. The zero-order valence-corrected chi connectivity index (χ0v) is 16.3. The van der Waals surface area contributed by atoms with Crippen molar-refractivity contribution in [2.75, 3.05) is 13.1 Å². The molecule has 0 unspecified atom stereocenters. The highest BCUT2D eigenvalue weighted by Crippen LogP contribution is 2.57. The molecule has 9 heteroatoms. The molecule has 0 aromatic carbocycles. The van der Waals surface area contributed by atoms with Crippen LogP contribution in [0.1, 0.15) is 57.7 Å². The molecule has 5 rings (SSSR count). The number of H-pyrrole nitrogens is 2. The van der Waals surface area contributed by atoms with Gasteiger partial charge in [-0.25, -0.2) is 9.78 Å². The summed E-state index contributed by atoms with van der Waals surface area (Å²) in [5.74, 6) is 0.878. The average Bonchev–Trinajstić information content (AvgIpc) is 3.15. The number of nitrogens with one attached hydrogen (secondary N) is 3. The van der Waals surface area contributed by atoms with Gasteiger partial charge < -0.3 is 16.0 Å². The van der Waals surface area contributed by atoms with Gasteiger partial charge in [0.1, 0.15) is 11.3 Å². The van der Waals surface area contributed by atoms with Crippen molar-refractivity contribution in [2.24, 2.45) is 11.1 Å². The number of aromatic amines is 2. The van der Waals surface area contributed by atoms with Crippen molar-refractivity contribution in [3.63, 3.8) is 0 Å². The Kier molecular flexibility index (Phi) is 4.65. The molecular formula is C19H28N6O3. The van der Waals surface area contributed by atoms with Gasteiger partial charge in [-0.15, -0.1) is 0 Å². The zero-order valence-electron chi connectivity index (χ0n) is 16.3. The summed E-state index contributed by atoms with van der Waals surface area (Å²) in [6.45, 7) is 3.25. The predicted molar refractivity (Wildman–Crippen MR) is 105 cm³/mol. The van der Waals surface area contributed by atoms with Gasteiger partial charge in [-0.05, 0) is 44.9 Å². The smallest absolute Gasteiger partial charge is 0.330 e. The first-order chi connectivity index (χ1) is 13.4. The van der Waals surface area contributed by atoms with Crippen LogP contribution in [-0.2, 0) is 16.8 Å². The van der Waals surface area contributed by atoms with Gasteiger partial charge in [0.2, 0.25) is 5.91 Å². The van der Waals surface area contributed by atoms with Gasteiger partial charge in [0.15, 0.2) is 5.65 Å². The Hall–Kier alpha value is -2.42. The van der Waals surface area contributed by atoms with E-state index in [-0.39, 0.29) is 22.3 Å². The lowest BCUT2D eigenvalue weighted by Crippen LogP contribution is -2.52. The lowest BCUT2D eigenvalue weighted by Gasteiger charge is -2.51. The third kappa shape index (κ3) is 2.80. The highest BCUT2D eigenvalue weighted by molar-refractivity contribution is 5.83. The van der Waals surface area contributed by atoms with Crippen molar-refractivity contribution in [1.29, 1.82) is 0 Å². The largest absolute Gasteiger partial charge is 0.354 e. The Morgan fingerprint density at radius 1 is 1.18 bits per heavy atom. The lowest BCUT2D eigenvalue weighted by atomic mass is 9.53. The normalized spacial score (nSPS) is 26.6. The average molecular weight is 388 g/mol. The second-order valence-electron chi connectivity index (χ2n) is 8.30. The molecule has 2 aromatic rings. The minimum atomic E-state index is -0.419. The van der Waals surface area contributed by atoms with Crippen LogP contribution >= 0.6 is 0 Å². The molecule has 1 amide bonds. The summed E-state index contributed by atoms with van der Waals surface area (Å²) in [7, 11) is 0. The first-order valence-corrected chi connectivity index (χ1v) is 10.2. The highest BCUT2D eigenvalue weighted by Gasteiger charge is 2.54. The van der Waals surface area contributed by atoms with Crippen LogP contribution in [0.5, 0.6) is 0 Å². The van der Waals surface area contributed by atoms with Crippen LogP contribution in [0, 0.1) is 5.41 Å². The van der Waals surface area contributed by atoms with Crippen LogP contribution in [0.25, 0.3) is 11.2 Å². The van der Waals surface area contributed by atoms with E-state index in [2.05, 4.69) is 20.3 Å². The molecule has 0 spiro atoms. The molecule has 0 radical (unpaired) electrons. The van der Waals surface area contributed by atoms with Gasteiger partial charge in [0.25, 0.3) is 5.56 Å². The van der Waals surface area contributed by atoms with Gasteiger partial charge >= 0.3 is 5.69 Å². The van der Waals surface area contributed by atoms with Crippen LogP contribution in [0.2, 0.25) is 0 Å². The first-order valence-electron chi connectivity index (χ1n) is 10.2. The highest BCUT2D eigenvalue weighted by atomic mass is 16.2. The van der Waals surface area contributed by atoms with E-state index < -0.39 is 5.69 Å². The third-order valence-corrected chi connectivity index (χ3v) is 6.74. The second kappa shape index (κ2) is 6.88. The number of aromatic nitrogens is 4. The maximum Gasteiger partial charge on any atom is 0.330 e. The number of nitrogens with zero attached hydrogens (tertiary/aromatic N) is 2. The number of carbonyl (C=O) groups excluding carboxylic acids is 1. The van der Waals surface area contributed by atoms with Gasteiger partial charge in [-0.3, -0.25) is 19.1 Å². The quantitative estimate of drug-likeness (QED) is 0.570. The molecule has 3 fully saturated rings. The SMILES string of the molecule is CCCn1c(=O)[nH]c2nc(C34CCC(C(=O)NCCN)(CC3)CC4)[nH]c2c1=O. The van der Waals surface area contributed by atoms with Crippen molar-refractivity contribution >= 4 is 17.1 Å². The zero-order chi connectivity index (χ0) is 19.9. The molecule has 9 nitrogen and oxygen atoms in total. The molecule has 28 heavy (non-hydrogen) atoms. The minimum absolute atomic E-state index is 0.114. The van der Waals surface area contributed by atoms with Gasteiger partial charge in [0.05, 0.1) is 0 Å². The molecular weight excluding hydrogens is 360 g/mol. The Labute approximate surface area is 162 Å². The molecule has 3 aliphatic rings. The summed E-state index contributed by atoms with van der Waals surface area (Å²) < 4.78 is 1.22. The van der Waals surface area contributed by atoms with Crippen molar-refractivity contribution in [2.45, 2.75) is 63.8 Å². The Bertz CT molecular complexity index is 992. The summed E-state index contributed by atoms with van der Waals surface area (Å²) in [6, 6.07) is 0. The maximum atomic E-state index is 12.7. The summed E-state index contributed by atoms with van der Waals surface area (Å²) in [6.07, 6.45) is 5.64. The molecule has 0 atom stereocenters. The number of nitrogens with two attached hydrogens (primary N) is 1. The number of imidazole rings is 1. The van der Waals surface area contributed by atoms with E-state index in [9.17, 15) is 14.4 Å². The van der Waals surface area contributed by atoms with Crippen molar-refractivity contribution in [3.8, 4) is 0 Å². The fourth-order valence-electron chi connectivity index (χ4n) is 4.95. The van der Waals surface area contributed by atoms with Crippen LogP contribution < -0.4 is 22.3 Å². The maximum absolute atomic E-state index is 12.7. The molecule has 2 bridgehead atoms. The monoisotopic (exact) mass is 388 g/mol. The number of hydrogen-bond donors (Lipinski definition) is 4. The van der Waals surface area contributed by atoms with Gasteiger partial charge in [-0.1, -0.05) is 6.92 Å². The molecule has 3 saturated carbocycles. The topological polar surface area (TPSA) is 139 Å². The molecule has 0 aliphatic heterocycles. The summed E-state index contributed by atoms with van der Waals surface area (Å²) in [4.78, 5) is 48.1. The molecule has 2 heterocycles. The lowest BCUT2D eigenvalue weighted by molar-refractivity contribution is -0.137. The van der Waals surface area contributed by atoms with Crippen LogP contribution in [0.4, 0.5) is 0 Å². The van der Waals surface area contributed by atoms with Crippen LogP contribution in [0.3, 0.4) is 0 Å². The first kappa shape index (κ1) is 18.9. The Morgan fingerprint density at radius 2 is 1.86 bits per heavy atom. The summed E-state index contributed by atoms with van der Waals surface area (Å²) >= 11 is 0. The Morgan fingerprint density at radius 3 is 2.46 bits per heavy atom.